The fourth-order valence-electron chi connectivity index (χ4n) is 2.18. The monoisotopic (exact) mass is 352 g/mol. The number of anilines is 2. The van der Waals surface area contributed by atoms with E-state index < -0.39 is 12.4 Å². The van der Waals surface area contributed by atoms with E-state index in [1.807, 2.05) is 32.0 Å². The van der Waals surface area contributed by atoms with E-state index in [2.05, 4.69) is 15.4 Å². The molecule has 0 unspecified atom stereocenters. The Balaban J connectivity index is 1.97. The molecular formula is C18H19F3N2O2. The molecule has 25 heavy (non-hydrogen) atoms. The van der Waals surface area contributed by atoms with Crippen LogP contribution in [0.25, 0.3) is 0 Å². The van der Waals surface area contributed by atoms with Gasteiger partial charge in [-0.25, -0.2) is 0 Å². The van der Waals surface area contributed by atoms with Crippen LogP contribution in [0.3, 0.4) is 0 Å². The van der Waals surface area contributed by atoms with Crippen molar-refractivity contribution < 1.29 is 22.7 Å². The molecule has 0 saturated heterocycles. The highest BCUT2D eigenvalue weighted by Gasteiger charge is 2.31. The molecule has 134 valence electrons. The number of carbonyl (C=O) groups is 1. The summed E-state index contributed by atoms with van der Waals surface area (Å²) < 4.78 is 40.2. The summed E-state index contributed by atoms with van der Waals surface area (Å²) in [6.07, 6.45) is -4.73. The molecule has 0 aliphatic heterocycles. The van der Waals surface area contributed by atoms with Crippen LogP contribution in [-0.2, 0) is 4.79 Å². The normalized spacial score (nSPS) is 12.4. The Kier molecular flexibility index (Phi) is 5.56. The lowest BCUT2D eigenvalue weighted by molar-refractivity contribution is -0.274. The number of ether oxygens (including phenoxy) is 1. The van der Waals surface area contributed by atoms with Crippen LogP contribution in [0.5, 0.6) is 5.75 Å². The van der Waals surface area contributed by atoms with Gasteiger partial charge in [0.1, 0.15) is 11.8 Å². The Morgan fingerprint density at radius 3 is 2.32 bits per heavy atom. The number of amides is 1. The highest BCUT2D eigenvalue weighted by atomic mass is 19.4. The van der Waals surface area contributed by atoms with Crippen molar-refractivity contribution in [3.8, 4) is 5.75 Å². The molecule has 0 heterocycles. The third-order valence-electron chi connectivity index (χ3n) is 3.52. The first-order chi connectivity index (χ1) is 11.6. The summed E-state index contributed by atoms with van der Waals surface area (Å²) in [5.41, 5.74) is 3.22. The Morgan fingerprint density at radius 1 is 1.08 bits per heavy atom. The van der Waals surface area contributed by atoms with Gasteiger partial charge in [0.15, 0.2) is 0 Å². The summed E-state index contributed by atoms with van der Waals surface area (Å²) in [6.45, 7) is 5.49. The van der Waals surface area contributed by atoms with E-state index in [1.54, 1.807) is 6.92 Å². The number of benzene rings is 2. The van der Waals surface area contributed by atoms with E-state index in [9.17, 15) is 18.0 Å². The number of carbonyl (C=O) groups excluding carboxylic acids is 1. The number of halogens is 3. The summed E-state index contributed by atoms with van der Waals surface area (Å²) in [5.74, 6) is -0.560. The molecule has 0 aliphatic carbocycles. The molecule has 1 atom stereocenters. The molecule has 0 aliphatic rings. The van der Waals surface area contributed by atoms with Crippen LogP contribution in [0.4, 0.5) is 24.5 Å². The van der Waals surface area contributed by atoms with Gasteiger partial charge < -0.3 is 15.4 Å². The standard InChI is InChI=1S/C18H19F3N2O2/c1-11-4-5-12(2)16(10-11)23-17(24)13(3)22-14-6-8-15(9-7-14)25-18(19,20)21/h4-10,13,22H,1-3H3,(H,23,24)/t13-/m1/s1. The van der Waals surface area contributed by atoms with Crippen molar-refractivity contribution in [2.24, 2.45) is 0 Å². The van der Waals surface area contributed by atoms with Gasteiger partial charge in [0.2, 0.25) is 5.91 Å². The molecule has 0 bridgehead atoms. The number of hydrogen-bond acceptors (Lipinski definition) is 3. The van der Waals surface area contributed by atoms with Crippen molar-refractivity contribution in [3.63, 3.8) is 0 Å². The first kappa shape index (κ1) is 18.6. The smallest absolute Gasteiger partial charge is 0.406 e. The zero-order valence-corrected chi connectivity index (χ0v) is 14.1. The topological polar surface area (TPSA) is 50.4 Å². The zero-order valence-electron chi connectivity index (χ0n) is 14.1. The van der Waals surface area contributed by atoms with Gasteiger partial charge >= 0.3 is 6.36 Å². The van der Waals surface area contributed by atoms with E-state index in [-0.39, 0.29) is 11.7 Å². The second-order valence-corrected chi connectivity index (χ2v) is 5.75. The number of nitrogens with one attached hydrogen (secondary N) is 2. The highest BCUT2D eigenvalue weighted by molar-refractivity contribution is 5.96. The summed E-state index contributed by atoms with van der Waals surface area (Å²) in [5, 5.41) is 5.78. The van der Waals surface area contributed by atoms with Crippen molar-refractivity contribution in [2.45, 2.75) is 33.2 Å². The molecule has 7 heteroatoms. The van der Waals surface area contributed by atoms with Crippen molar-refractivity contribution in [1.82, 2.24) is 0 Å². The third-order valence-corrected chi connectivity index (χ3v) is 3.52. The number of hydrogen-bond donors (Lipinski definition) is 2. The maximum atomic E-state index is 12.3. The number of aryl methyl sites for hydroxylation is 2. The molecule has 0 fully saturated rings. The molecule has 0 saturated carbocycles. The average Bonchev–Trinajstić information content (AvgIpc) is 2.51. The predicted molar refractivity (Wildman–Crippen MR) is 90.8 cm³/mol. The molecule has 0 aromatic heterocycles. The van der Waals surface area contributed by atoms with E-state index in [0.29, 0.717) is 5.69 Å². The maximum absolute atomic E-state index is 12.3. The zero-order chi connectivity index (χ0) is 18.6. The van der Waals surface area contributed by atoms with Gasteiger partial charge in [0, 0.05) is 11.4 Å². The first-order valence-corrected chi connectivity index (χ1v) is 7.64. The lowest BCUT2D eigenvalue weighted by Gasteiger charge is -2.17. The van der Waals surface area contributed by atoms with Crippen molar-refractivity contribution in [2.75, 3.05) is 10.6 Å². The first-order valence-electron chi connectivity index (χ1n) is 7.64. The van der Waals surface area contributed by atoms with E-state index in [0.717, 1.165) is 16.8 Å². The molecule has 4 nitrogen and oxygen atoms in total. The number of rotatable bonds is 5. The Hall–Kier alpha value is -2.70. The Labute approximate surface area is 144 Å². The van der Waals surface area contributed by atoms with E-state index in [4.69, 9.17) is 0 Å². The van der Waals surface area contributed by atoms with Crippen LogP contribution in [0.1, 0.15) is 18.1 Å². The van der Waals surface area contributed by atoms with E-state index in [1.165, 1.54) is 24.3 Å². The van der Waals surface area contributed by atoms with Gasteiger partial charge in [0.05, 0.1) is 0 Å². The largest absolute Gasteiger partial charge is 0.573 e. The SMILES string of the molecule is Cc1ccc(C)c(NC(=O)[C@@H](C)Nc2ccc(OC(F)(F)F)cc2)c1. The van der Waals surface area contributed by atoms with Crippen LogP contribution in [-0.4, -0.2) is 18.3 Å². The summed E-state index contributed by atoms with van der Waals surface area (Å²) in [6, 6.07) is 10.4. The van der Waals surface area contributed by atoms with Crippen molar-refractivity contribution in [3.05, 3.63) is 53.6 Å². The fraction of sp³-hybridized carbons (Fsp3) is 0.278. The predicted octanol–water partition coefficient (Wildman–Crippen LogP) is 4.64. The van der Waals surface area contributed by atoms with Crippen LogP contribution in [0, 0.1) is 13.8 Å². The molecular weight excluding hydrogens is 333 g/mol. The van der Waals surface area contributed by atoms with Gasteiger partial charge in [-0.05, 0) is 62.2 Å². The second kappa shape index (κ2) is 7.46. The van der Waals surface area contributed by atoms with Crippen LogP contribution in [0.15, 0.2) is 42.5 Å². The third kappa shape index (κ3) is 5.70. The Bertz CT molecular complexity index is 743. The van der Waals surface area contributed by atoms with Gasteiger partial charge in [0.25, 0.3) is 0 Å². The van der Waals surface area contributed by atoms with Crippen molar-refractivity contribution in [1.29, 1.82) is 0 Å². The highest BCUT2D eigenvalue weighted by Crippen LogP contribution is 2.24. The van der Waals surface area contributed by atoms with E-state index >= 15 is 0 Å². The second-order valence-electron chi connectivity index (χ2n) is 5.75. The summed E-state index contributed by atoms with van der Waals surface area (Å²) in [4.78, 5) is 12.3. The number of alkyl halides is 3. The molecule has 2 aromatic rings. The van der Waals surface area contributed by atoms with Gasteiger partial charge in [-0.3, -0.25) is 4.79 Å². The lowest BCUT2D eigenvalue weighted by Crippen LogP contribution is -2.32. The van der Waals surface area contributed by atoms with Crippen molar-refractivity contribution >= 4 is 17.3 Å². The molecule has 2 aromatic carbocycles. The van der Waals surface area contributed by atoms with Gasteiger partial charge in [-0.1, -0.05) is 12.1 Å². The minimum absolute atomic E-state index is 0.246. The lowest BCUT2D eigenvalue weighted by atomic mass is 10.1. The van der Waals surface area contributed by atoms with Crippen LogP contribution >= 0.6 is 0 Å². The Morgan fingerprint density at radius 2 is 1.72 bits per heavy atom. The molecule has 2 rings (SSSR count). The molecule has 0 spiro atoms. The molecule has 0 radical (unpaired) electrons. The molecule has 1 amide bonds. The van der Waals surface area contributed by atoms with Gasteiger partial charge in [-0.2, -0.15) is 0 Å². The average molecular weight is 352 g/mol. The summed E-state index contributed by atoms with van der Waals surface area (Å²) >= 11 is 0. The fourth-order valence-corrected chi connectivity index (χ4v) is 2.18. The van der Waals surface area contributed by atoms with Crippen LogP contribution in [0.2, 0.25) is 0 Å². The minimum atomic E-state index is -4.73. The maximum Gasteiger partial charge on any atom is 0.573 e. The quantitative estimate of drug-likeness (QED) is 0.824. The van der Waals surface area contributed by atoms with Gasteiger partial charge in [-0.15, -0.1) is 13.2 Å². The van der Waals surface area contributed by atoms with Crippen LogP contribution < -0.4 is 15.4 Å². The summed E-state index contributed by atoms with van der Waals surface area (Å²) in [7, 11) is 0. The molecule has 2 N–H and O–H groups in total. The minimum Gasteiger partial charge on any atom is -0.406 e.